The second-order valence-electron chi connectivity index (χ2n) is 11.6. The molecule has 2 unspecified atom stereocenters. The van der Waals surface area contributed by atoms with E-state index in [1.807, 2.05) is 60.4 Å². The van der Waals surface area contributed by atoms with Crippen LogP contribution in [0.5, 0.6) is 0 Å². The lowest BCUT2D eigenvalue weighted by molar-refractivity contribution is -0.148. The molecule has 1 amide bonds. The van der Waals surface area contributed by atoms with Crippen molar-refractivity contribution >= 4 is 17.6 Å². The summed E-state index contributed by atoms with van der Waals surface area (Å²) in [6.45, 7) is 9.60. The molecule has 0 heterocycles. The average molecular weight is 509 g/mol. The van der Waals surface area contributed by atoms with Crippen molar-refractivity contribution in [1.29, 1.82) is 0 Å². The third-order valence-electron chi connectivity index (χ3n) is 9.39. The highest BCUT2D eigenvalue weighted by atomic mass is 16.7. The molecule has 0 N–H and O–H groups in total. The van der Waals surface area contributed by atoms with Gasteiger partial charge in [0.2, 0.25) is 5.91 Å². The van der Waals surface area contributed by atoms with Crippen molar-refractivity contribution in [3.8, 4) is 0 Å². The van der Waals surface area contributed by atoms with E-state index in [4.69, 9.17) is 4.84 Å². The maximum absolute atomic E-state index is 14.6. The van der Waals surface area contributed by atoms with Crippen LogP contribution in [-0.4, -0.2) is 22.5 Å². The fourth-order valence-electron chi connectivity index (χ4n) is 6.44. The highest BCUT2D eigenvalue weighted by Crippen LogP contribution is 2.71. The van der Waals surface area contributed by atoms with Crippen LogP contribution in [0.2, 0.25) is 0 Å². The van der Waals surface area contributed by atoms with Gasteiger partial charge in [-0.15, -0.1) is 0 Å². The largest absolute Gasteiger partial charge is 0.365 e. The molecule has 0 radical (unpaired) electrons. The van der Waals surface area contributed by atoms with E-state index in [2.05, 4.69) is 50.2 Å². The Morgan fingerprint density at radius 2 is 1.37 bits per heavy atom. The molecule has 0 saturated heterocycles. The fraction of sp³-hybridized carbons (Fsp3) is 0.364. The number of carbonyl (C=O) groups is 2. The zero-order valence-electron chi connectivity index (χ0n) is 22.7. The van der Waals surface area contributed by atoms with Crippen LogP contribution in [-0.2, 0) is 22.7 Å². The number of hydrogen-bond donors (Lipinski definition) is 0. The van der Waals surface area contributed by atoms with Crippen LogP contribution in [0.3, 0.4) is 0 Å². The van der Waals surface area contributed by atoms with Gasteiger partial charge >= 0.3 is 5.97 Å². The Balaban J connectivity index is 1.44. The molecule has 3 aromatic carbocycles. The minimum Gasteiger partial charge on any atom is -0.334 e. The van der Waals surface area contributed by atoms with Crippen LogP contribution >= 0.6 is 0 Å². The molecule has 0 spiro atoms. The Bertz CT molecular complexity index is 1310. The van der Waals surface area contributed by atoms with Gasteiger partial charge in [-0.25, -0.2) is 4.79 Å². The number of carbonyl (C=O) groups excluding carboxylic acids is 2. The van der Waals surface area contributed by atoms with Gasteiger partial charge < -0.3 is 9.74 Å². The molecular weight excluding hydrogens is 472 g/mol. The van der Waals surface area contributed by atoms with E-state index < -0.39 is 11.4 Å². The van der Waals surface area contributed by atoms with Gasteiger partial charge in [0.1, 0.15) is 0 Å². The van der Waals surface area contributed by atoms with E-state index in [-0.39, 0.29) is 16.7 Å². The topological polar surface area (TPSA) is 59.0 Å². The summed E-state index contributed by atoms with van der Waals surface area (Å²) in [4.78, 5) is 34.8. The van der Waals surface area contributed by atoms with E-state index in [1.165, 1.54) is 0 Å². The number of fused-ring (bicyclic) bond motifs is 2. The quantitative estimate of drug-likeness (QED) is 0.256. The Kier molecular flexibility index (Phi) is 6.72. The molecule has 5 rings (SSSR count). The third-order valence-corrected chi connectivity index (χ3v) is 9.39. The van der Waals surface area contributed by atoms with Gasteiger partial charge in [0.25, 0.3) is 0 Å². The average Bonchev–Trinajstić information content (AvgIpc) is 3.23. The van der Waals surface area contributed by atoms with Gasteiger partial charge in [-0.3, -0.25) is 4.79 Å². The van der Waals surface area contributed by atoms with Gasteiger partial charge in [0.15, 0.2) is 0 Å². The second kappa shape index (κ2) is 9.86. The van der Waals surface area contributed by atoms with Gasteiger partial charge in [-0.2, -0.15) is 0 Å². The smallest absolute Gasteiger partial charge is 0.334 e. The minimum atomic E-state index is -0.611. The van der Waals surface area contributed by atoms with Crippen LogP contribution < -0.4 is 0 Å². The molecular formula is C33H36N2O3. The van der Waals surface area contributed by atoms with Crippen molar-refractivity contribution in [1.82, 2.24) is 4.90 Å². The van der Waals surface area contributed by atoms with Crippen molar-refractivity contribution in [2.45, 2.75) is 60.0 Å². The summed E-state index contributed by atoms with van der Waals surface area (Å²) in [5.41, 5.74) is 3.26. The maximum Gasteiger partial charge on any atom is 0.365 e. The van der Waals surface area contributed by atoms with Gasteiger partial charge in [-0.1, -0.05) is 104 Å². The molecule has 0 aliphatic heterocycles. The number of nitrogens with zero attached hydrogens (tertiary/aromatic N) is 2. The van der Waals surface area contributed by atoms with E-state index in [0.717, 1.165) is 35.2 Å². The van der Waals surface area contributed by atoms with Crippen molar-refractivity contribution in [2.24, 2.45) is 21.4 Å². The van der Waals surface area contributed by atoms with Crippen LogP contribution in [0.25, 0.3) is 0 Å². The summed E-state index contributed by atoms with van der Waals surface area (Å²) in [6, 6.07) is 27.6. The lowest BCUT2D eigenvalue weighted by Gasteiger charge is -2.42. The summed E-state index contributed by atoms with van der Waals surface area (Å²) in [5.74, 6) is -0.328. The van der Waals surface area contributed by atoms with Gasteiger partial charge in [0.05, 0.1) is 16.7 Å². The first-order valence-electron chi connectivity index (χ1n) is 13.4. The Labute approximate surface area is 225 Å². The zero-order chi connectivity index (χ0) is 27.0. The second-order valence-corrected chi connectivity index (χ2v) is 11.6. The van der Waals surface area contributed by atoms with E-state index in [9.17, 15) is 9.59 Å². The van der Waals surface area contributed by atoms with Crippen LogP contribution in [0.1, 0.15) is 67.1 Å². The molecule has 38 heavy (non-hydrogen) atoms. The first-order valence-corrected chi connectivity index (χ1v) is 13.4. The summed E-state index contributed by atoms with van der Waals surface area (Å²) in [5, 5.41) is 4.42. The number of rotatable bonds is 7. The molecule has 5 nitrogen and oxygen atoms in total. The lowest BCUT2D eigenvalue weighted by Crippen LogP contribution is -2.48. The van der Waals surface area contributed by atoms with E-state index in [0.29, 0.717) is 25.1 Å². The van der Waals surface area contributed by atoms with Crippen LogP contribution in [0.15, 0.2) is 90.1 Å². The summed E-state index contributed by atoms with van der Waals surface area (Å²) >= 11 is 0. The molecule has 5 heteroatoms. The van der Waals surface area contributed by atoms with Crippen molar-refractivity contribution in [2.75, 3.05) is 0 Å². The molecule has 196 valence electrons. The first-order chi connectivity index (χ1) is 18.2. The molecule has 2 saturated carbocycles. The highest BCUT2D eigenvalue weighted by Gasteiger charge is 2.72. The standard InChI is InChI=1S/C33H36N2O3/c1-24-15-17-27(18-16-24)29(36)38-34-28-21-33(20-19-32(28,4)31(33,2)3)30(37)35(22-25-11-7-5-8-12-25)23-26-13-9-6-10-14-26/h5-18H,19-23H2,1-4H3/b34-28+. The van der Waals surface area contributed by atoms with Gasteiger partial charge in [-0.05, 0) is 48.4 Å². The normalized spacial score (nSPS) is 24.4. The monoisotopic (exact) mass is 508 g/mol. The number of hydrogen-bond acceptors (Lipinski definition) is 4. The van der Waals surface area contributed by atoms with Gasteiger partial charge in [0, 0.05) is 24.9 Å². The van der Waals surface area contributed by atoms with E-state index >= 15 is 0 Å². The molecule has 2 fully saturated rings. The fourth-order valence-corrected chi connectivity index (χ4v) is 6.44. The first kappa shape index (κ1) is 25.9. The zero-order valence-corrected chi connectivity index (χ0v) is 22.7. The number of oxime groups is 1. The summed E-state index contributed by atoms with van der Waals surface area (Å²) in [7, 11) is 0. The van der Waals surface area contributed by atoms with Crippen molar-refractivity contribution in [3.63, 3.8) is 0 Å². The molecule has 3 aromatic rings. The SMILES string of the molecule is Cc1ccc(C(=O)O/N=C2\CC3(C(=O)N(Cc4ccccc4)Cc4ccccc4)CCC2(C)C3(C)C)cc1. The summed E-state index contributed by atoms with van der Waals surface area (Å²) < 4.78 is 0. The van der Waals surface area contributed by atoms with Crippen LogP contribution in [0, 0.1) is 23.2 Å². The lowest BCUT2D eigenvalue weighted by atomic mass is 9.64. The molecule has 2 bridgehead atoms. The number of benzene rings is 3. The Morgan fingerprint density at radius 3 is 1.92 bits per heavy atom. The minimum absolute atomic E-state index is 0.147. The molecule has 2 aliphatic carbocycles. The third kappa shape index (κ3) is 4.34. The van der Waals surface area contributed by atoms with Crippen molar-refractivity contribution in [3.05, 3.63) is 107 Å². The predicted octanol–water partition coefficient (Wildman–Crippen LogP) is 6.95. The van der Waals surface area contributed by atoms with E-state index in [1.54, 1.807) is 12.1 Å². The Hall–Kier alpha value is -3.73. The molecule has 0 aromatic heterocycles. The summed E-state index contributed by atoms with van der Waals surface area (Å²) in [6.07, 6.45) is 2.12. The highest BCUT2D eigenvalue weighted by molar-refractivity contribution is 6.02. The maximum atomic E-state index is 14.6. The predicted molar refractivity (Wildman–Crippen MR) is 149 cm³/mol. The van der Waals surface area contributed by atoms with Crippen LogP contribution in [0.4, 0.5) is 0 Å². The van der Waals surface area contributed by atoms with Crippen molar-refractivity contribution < 1.29 is 14.4 Å². The Morgan fingerprint density at radius 1 is 0.816 bits per heavy atom. The number of amides is 1. The number of aryl methyl sites for hydroxylation is 1. The molecule has 2 aliphatic rings. The molecule has 2 atom stereocenters.